The summed E-state index contributed by atoms with van der Waals surface area (Å²) in [6, 6.07) is 0. The molecule has 0 aromatic rings. The molecule has 21 heavy (non-hydrogen) atoms. The second-order valence-electron chi connectivity index (χ2n) is 7.18. The number of ketones is 2. The minimum absolute atomic E-state index is 0.0337. The molecule has 0 spiro atoms. The van der Waals surface area contributed by atoms with Crippen LogP contribution in [0.15, 0.2) is 12.2 Å². The average Bonchev–Trinajstić information content (AvgIpc) is 2.69. The fourth-order valence-corrected chi connectivity index (χ4v) is 3.12. The van der Waals surface area contributed by atoms with Crippen molar-refractivity contribution in [2.45, 2.75) is 58.5 Å². The van der Waals surface area contributed by atoms with E-state index in [9.17, 15) is 14.4 Å². The Morgan fingerprint density at radius 1 is 1.10 bits per heavy atom. The van der Waals surface area contributed by atoms with Crippen LogP contribution in [0.25, 0.3) is 0 Å². The molecule has 0 saturated heterocycles. The van der Waals surface area contributed by atoms with Crippen LogP contribution in [0, 0.1) is 17.8 Å². The van der Waals surface area contributed by atoms with Crippen molar-refractivity contribution < 1.29 is 19.1 Å². The van der Waals surface area contributed by atoms with Crippen LogP contribution in [-0.2, 0) is 19.1 Å². The monoisotopic (exact) mass is 292 g/mol. The van der Waals surface area contributed by atoms with E-state index in [1.54, 1.807) is 0 Å². The van der Waals surface area contributed by atoms with Crippen molar-refractivity contribution in [3.63, 3.8) is 0 Å². The summed E-state index contributed by atoms with van der Waals surface area (Å²) in [4.78, 5) is 35.2. The van der Waals surface area contributed by atoms with Gasteiger partial charge in [-0.05, 0) is 70.9 Å². The molecular weight excluding hydrogens is 268 g/mol. The molecule has 0 heterocycles. The lowest BCUT2D eigenvalue weighted by Gasteiger charge is -2.30. The maximum absolute atomic E-state index is 12.0. The number of ether oxygens (including phenoxy) is 1. The molecule has 4 heteroatoms. The lowest BCUT2D eigenvalue weighted by atomic mass is 9.77. The molecule has 0 unspecified atom stereocenters. The molecule has 0 aromatic carbocycles. The quantitative estimate of drug-likeness (QED) is 0.593. The van der Waals surface area contributed by atoms with E-state index >= 15 is 0 Å². The number of allylic oxidation sites excluding steroid dienone is 2. The summed E-state index contributed by atoms with van der Waals surface area (Å²) in [5.41, 5.74) is -0.442. The first-order valence-electron chi connectivity index (χ1n) is 7.75. The summed E-state index contributed by atoms with van der Waals surface area (Å²) in [6.45, 7) is 5.63. The molecule has 0 aliphatic heterocycles. The van der Waals surface area contributed by atoms with Crippen LogP contribution in [0.2, 0.25) is 0 Å². The van der Waals surface area contributed by atoms with Crippen LogP contribution in [0.5, 0.6) is 0 Å². The Morgan fingerprint density at radius 3 is 2.10 bits per heavy atom. The summed E-state index contributed by atoms with van der Waals surface area (Å²) in [5.74, 6) is -0.373. The molecule has 0 radical (unpaired) electrons. The highest BCUT2D eigenvalue weighted by atomic mass is 16.6. The topological polar surface area (TPSA) is 60.4 Å². The standard InChI is InChI=1S/C17H24O4/c1-17(2,3)21-16(20)12-6-4-11(5-7-12)10-13-14(18)8-9-15(13)19/h8-9,11-13H,4-7,10H2,1-3H3. The summed E-state index contributed by atoms with van der Waals surface area (Å²) < 4.78 is 5.42. The van der Waals surface area contributed by atoms with E-state index in [-0.39, 0.29) is 23.5 Å². The summed E-state index contributed by atoms with van der Waals surface area (Å²) in [7, 11) is 0. The number of rotatable bonds is 3. The van der Waals surface area contributed by atoms with Crippen LogP contribution in [0.3, 0.4) is 0 Å². The van der Waals surface area contributed by atoms with Gasteiger partial charge in [0, 0.05) is 0 Å². The Kier molecular flexibility index (Phi) is 4.64. The first kappa shape index (κ1) is 15.9. The van der Waals surface area contributed by atoms with Gasteiger partial charge in [0.15, 0.2) is 11.6 Å². The molecule has 0 amide bonds. The molecule has 0 bridgehead atoms. The van der Waals surface area contributed by atoms with Gasteiger partial charge in [-0.3, -0.25) is 14.4 Å². The lowest BCUT2D eigenvalue weighted by Crippen LogP contribution is -2.31. The molecule has 0 N–H and O–H groups in total. The number of carbonyl (C=O) groups excluding carboxylic acids is 3. The van der Waals surface area contributed by atoms with E-state index in [0.717, 1.165) is 25.7 Å². The lowest BCUT2D eigenvalue weighted by molar-refractivity contribution is -0.161. The number of esters is 1. The zero-order valence-corrected chi connectivity index (χ0v) is 13.1. The van der Waals surface area contributed by atoms with Crippen molar-refractivity contribution in [1.82, 2.24) is 0 Å². The third-order valence-corrected chi connectivity index (χ3v) is 4.25. The number of hydrogen-bond donors (Lipinski definition) is 0. The average molecular weight is 292 g/mol. The van der Waals surface area contributed by atoms with Crippen molar-refractivity contribution in [1.29, 1.82) is 0 Å². The zero-order valence-electron chi connectivity index (χ0n) is 13.1. The smallest absolute Gasteiger partial charge is 0.309 e. The Bertz CT molecular complexity index is 444. The van der Waals surface area contributed by atoms with E-state index in [4.69, 9.17) is 4.74 Å². The highest BCUT2D eigenvalue weighted by Crippen LogP contribution is 2.35. The molecule has 1 saturated carbocycles. The minimum Gasteiger partial charge on any atom is -0.460 e. The minimum atomic E-state index is -0.465. The Morgan fingerprint density at radius 2 is 1.62 bits per heavy atom. The molecule has 116 valence electrons. The van der Waals surface area contributed by atoms with Gasteiger partial charge in [0.2, 0.25) is 0 Å². The molecule has 0 atom stereocenters. The third-order valence-electron chi connectivity index (χ3n) is 4.25. The van der Waals surface area contributed by atoms with Crippen molar-refractivity contribution in [3.05, 3.63) is 12.2 Å². The van der Waals surface area contributed by atoms with Gasteiger partial charge in [0.1, 0.15) is 5.60 Å². The first-order chi connectivity index (χ1) is 9.76. The van der Waals surface area contributed by atoms with E-state index in [1.807, 2.05) is 20.8 Å². The van der Waals surface area contributed by atoms with Gasteiger partial charge in [-0.15, -0.1) is 0 Å². The van der Waals surface area contributed by atoms with Crippen LogP contribution < -0.4 is 0 Å². The van der Waals surface area contributed by atoms with Crippen LogP contribution in [0.4, 0.5) is 0 Å². The highest BCUT2D eigenvalue weighted by molar-refractivity contribution is 6.18. The molecule has 2 rings (SSSR count). The van der Waals surface area contributed by atoms with Gasteiger partial charge in [0.25, 0.3) is 0 Å². The van der Waals surface area contributed by atoms with Crippen molar-refractivity contribution in [2.24, 2.45) is 17.8 Å². The SMILES string of the molecule is CC(C)(C)OC(=O)C1CCC(CC2C(=O)C=CC2=O)CC1. The largest absolute Gasteiger partial charge is 0.460 e. The van der Waals surface area contributed by atoms with E-state index in [0.29, 0.717) is 12.3 Å². The molecule has 1 fully saturated rings. The second kappa shape index (κ2) is 6.12. The highest BCUT2D eigenvalue weighted by Gasteiger charge is 2.34. The maximum Gasteiger partial charge on any atom is 0.309 e. The fraction of sp³-hybridized carbons (Fsp3) is 0.706. The number of carbonyl (C=O) groups is 3. The van der Waals surface area contributed by atoms with E-state index in [1.165, 1.54) is 12.2 Å². The number of hydrogen-bond acceptors (Lipinski definition) is 4. The van der Waals surface area contributed by atoms with Gasteiger partial charge < -0.3 is 4.74 Å². The summed E-state index contributed by atoms with van der Waals surface area (Å²) >= 11 is 0. The fourth-order valence-electron chi connectivity index (χ4n) is 3.12. The zero-order chi connectivity index (χ0) is 15.6. The Balaban J connectivity index is 1.80. The third kappa shape index (κ3) is 4.26. The second-order valence-corrected chi connectivity index (χ2v) is 7.18. The summed E-state index contributed by atoms with van der Waals surface area (Å²) in [6.07, 6.45) is 6.77. The first-order valence-corrected chi connectivity index (χ1v) is 7.75. The van der Waals surface area contributed by atoms with Gasteiger partial charge in [0.05, 0.1) is 11.8 Å². The van der Waals surface area contributed by atoms with Gasteiger partial charge in [-0.25, -0.2) is 0 Å². The maximum atomic E-state index is 12.0. The Hall–Kier alpha value is -1.45. The van der Waals surface area contributed by atoms with Crippen LogP contribution in [-0.4, -0.2) is 23.1 Å². The van der Waals surface area contributed by atoms with Crippen molar-refractivity contribution in [2.75, 3.05) is 0 Å². The molecule has 2 aliphatic rings. The van der Waals surface area contributed by atoms with Gasteiger partial charge in [-0.1, -0.05) is 0 Å². The molecular formula is C17H24O4. The Labute approximate surface area is 125 Å². The van der Waals surface area contributed by atoms with Crippen LogP contribution >= 0.6 is 0 Å². The van der Waals surface area contributed by atoms with Crippen molar-refractivity contribution >= 4 is 17.5 Å². The van der Waals surface area contributed by atoms with Crippen molar-refractivity contribution in [3.8, 4) is 0 Å². The summed E-state index contributed by atoms with van der Waals surface area (Å²) in [5, 5.41) is 0. The van der Waals surface area contributed by atoms with Gasteiger partial charge in [-0.2, -0.15) is 0 Å². The molecule has 4 nitrogen and oxygen atoms in total. The van der Waals surface area contributed by atoms with E-state index in [2.05, 4.69) is 0 Å². The predicted octanol–water partition coefficient (Wildman–Crippen LogP) is 2.85. The molecule has 0 aromatic heterocycles. The predicted molar refractivity (Wildman–Crippen MR) is 78.6 cm³/mol. The van der Waals surface area contributed by atoms with Gasteiger partial charge >= 0.3 is 5.97 Å². The van der Waals surface area contributed by atoms with Crippen LogP contribution in [0.1, 0.15) is 52.9 Å². The normalized spacial score (nSPS) is 27.2. The van der Waals surface area contributed by atoms with E-state index < -0.39 is 11.5 Å². The molecule has 2 aliphatic carbocycles.